The summed E-state index contributed by atoms with van der Waals surface area (Å²) in [7, 11) is 2.09. The number of piperazine rings is 1. The number of rotatable bonds is 2. The third-order valence-electron chi connectivity index (χ3n) is 3.23. The van der Waals surface area contributed by atoms with Crippen molar-refractivity contribution >= 4 is 5.91 Å². The molecule has 1 amide bonds. The predicted molar refractivity (Wildman–Crippen MR) is 68.6 cm³/mol. The van der Waals surface area contributed by atoms with E-state index in [2.05, 4.69) is 30.7 Å². The highest BCUT2D eigenvalue weighted by atomic mass is 16.2. The first kappa shape index (κ1) is 11.9. The molecule has 1 aliphatic rings. The average Bonchev–Trinajstić information content (AvgIpc) is 2.39. The van der Waals surface area contributed by atoms with E-state index in [9.17, 15) is 4.79 Å². The van der Waals surface area contributed by atoms with Crippen LogP contribution in [0.4, 0.5) is 0 Å². The van der Waals surface area contributed by atoms with Crippen LogP contribution in [0.25, 0.3) is 0 Å². The van der Waals surface area contributed by atoms with Crippen molar-refractivity contribution in [2.75, 3.05) is 26.7 Å². The Labute approximate surface area is 102 Å². The standard InChI is InChI=1S/C14H18N2O/c1-3-14(17)16-10-9-15(2)11-13(16)12-7-5-4-6-8-12/h3-8,13H,1,9-11H2,2H3. The molecule has 3 heteroatoms. The predicted octanol–water partition coefficient (Wildman–Crippen LogP) is 1.69. The fourth-order valence-corrected chi connectivity index (χ4v) is 2.26. The Balaban J connectivity index is 2.26. The highest BCUT2D eigenvalue weighted by Gasteiger charge is 2.28. The number of nitrogens with zero attached hydrogens (tertiary/aromatic N) is 2. The van der Waals surface area contributed by atoms with E-state index in [1.807, 2.05) is 23.1 Å². The molecule has 1 aliphatic heterocycles. The van der Waals surface area contributed by atoms with Crippen molar-refractivity contribution in [2.24, 2.45) is 0 Å². The van der Waals surface area contributed by atoms with E-state index < -0.39 is 0 Å². The molecule has 1 atom stereocenters. The minimum atomic E-state index is 0.0203. The molecule has 1 unspecified atom stereocenters. The van der Waals surface area contributed by atoms with Crippen LogP contribution in [0.3, 0.4) is 0 Å². The Kier molecular flexibility index (Phi) is 3.59. The summed E-state index contributed by atoms with van der Waals surface area (Å²) < 4.78 is 0. The molecule has 1 saturated heterocycles. The Morgan fingerprint density at radius 1 is 1.35 bits per heavy atom. The van der Waals surface area contributed by atoms with Crippen LogP contribution in [0, 0.1) is 0 Å². The van der Waals surface area contributed by atoms with Crippen LogP contribution in [0.15, 0.2) is 43.0 Å². The molecule has 0 N–H and O–H groups in total. The molecule has 1 heterocycles. The molecule has 3 nitrogen and oxygen atoms in total. The molecule has 0 bridgehead atoms. The van der Waals surface area contributed by atoms with Crippen LogP contribution in [0.1, 0.15) is 11.6 Å². The van der Waals surface area contributed by atoms with E-state index in [-0.39, 0.29) is 11.9 Å². The van der Waals surface area contributed by atoms with E-state index >= 15 is 0 Å². The number of benzene rings is 1. The van der Waals surface area contributed by atoms with E-state index in [1.165, 1.54) is 11.6 Å². The summed E-state index contributed by atoms with van der Waals surface area (Å²) in [6, 6.07) is 10.3. The maximum absolute atomic E-state index is 11.8. The average molecular weight is 230 g/mol. The van der Waals surface area contributed by atoms with E-state index in [0.717, 1.165) is 19.6 Å². The smallest absolute Gasteiger partial charge is 0.246 e. The summed E-state index contributed by atoms with van der Waals surface area (Å²) in [5.41, 5.74) is 1.19. The van der Waals surface area contributed by atoms with Crippen LogP contribution < -0.4 is 0 Å². The minimum Gasteiger partial charge on any atom is -0.330 e. The summed E-state index contributed by atoms with van der Waals surface area (Å²) in [5, 5.41) is 0. The molecule has 2 rings (SSSR count). The lowest BCUT2D eigenvalue weighted by atomic mass is 10.0. The molecule has 1 aromatic rings. The quantitative estimate of drug-likeness (QED) is 0.722. The topological polar surface area (TPSA) is 23.6 Å². The van der Waals surface area contributed by atoms with Gasteiger partial charge < -0.3 is 9.80 Å². The lowest BCUT2D eigenvalue weighted by molar-refractivity contribution is -0.130. The zero-order valence-electron chi connectivity index (χ0n) is 10.2. The molecule has 0 aromatic heterocycles. The zero-order valence-corrected chi connectivity index (χ0v) is 10.2. The second-order valence-corrected chi connectivity index (χ2v) is 4.42. The number of amides is 1. The maximum Gasteiger partial charge on any atom is 0.246 e. The summed E-state index contributed by atoms with van der Waals surface area (Å²) in [5.74, 6) is 0.0203. The first-order valence-corrected chi connectivity index (χ1v) is 5.89. The van der Waals surface area contributed by atoms with Crippen molar-refractivity contribution in [2.45, 2.75) is 6.04 Å². The van der Waals surface area contributed by atoms with Gasteiger partial charge >= 0.3 is 0 Å². The Morgan fingerprint density at radius 2 is 2.06 bits per heavy atom. The largest absolute Gasteiger partial charge is 0.330 e. The van der Waals surface area contributed by atoms with Gasteiger partial charge in [0.25, 0.3) is 0 Å². The molecular formula is C14H18N2O. The molecule has 0 spiro atoms. The van der Waals surface area contributed by atoms with Crippen molar-refractivity contribution < 1.29 is 4.79 Å². The summed E-state index contributed by atoms with van der Waals surface area (Å²) >= 11 is 0. The third kappa shape index (κ3) is 2.56. The highest BCUT2D eigenvalue weighted by Crippen LogP contribution is 2.24. The number of carbonyl (C=O) groups excluding carboxylic acids is 1. The van der Waals surface area contributed by atoms with Crippen LogP contribution in [0.5, 0.6) is 0 Å². The van der Waals surface area contributed by atoms with Gasteiger partial charge in [0.15, 0.2) is 0 Å². The molecule has 0 saturated carbocycles. The van der Waals surface area contributed by atoms with Crippen molar-refractivity contribution in [1.29, 1.82) is 0 Å². The van der Waals surface area contributed by atoms with Crippen molar-refractivity contribution in [3.8, 4) is 0 Å². The summed E-state index contributed by atoms with van der Waals surface area (Å²) in [4.78, 5) is 16.0. The lowest BCUT2D eigenvalue weighted by Gasteiger charge is -2.39. The van der Waals surface area contributed by atoms with Gasteiger partial charge in [-0.25, -0.2) is 0 Å². The van der Waals surface area contributed by atoms with Gasteiger partial charge in [-0.05, 0) is 18.7 Å². The molecule has 0 aliphatic carbocycles. The highest BCUT2D eigenvalue weighted by molar-refractivity contribution is 5.87. The lowest BCUT2D eigenvalue weighted by Crippen LogP contribution is -2.48. The molecule has 17 heavy (non-hydrogen) atoms. The van der Waals surface area contributed by atoms with Gasteiger partial charge in [-0.2, -0.15) is 0 Å². The number of hydrogen-bond donors (Lipinski definition) is 0. The second-order valence-electron chi connectivity index (χ2n) is 4.42. The van der Waals surface area contributed by atoms with E-state index in [1.54, 1.807) is 0 Å². The zero-order chi connectivity index (χ0) is 12.3. The van der Waals surface area contributed by atoms with Gasteiger partial charge in [0.1, 0.15) is 0 Å². The molecular weight excluding hydrogens is 212 g/mol. The Morgan fingerprint density at radius 3 is 2.71 bits per heavy atom. The van der Waals surface area contributed by atoms with Crippen molar-refractivity contribution in [1.82, 2.24) is 9.80 Å². The van der Waals surface area contributed by atoms with Gasteiger partial charge in [-0.15, -0.1) is 0 Å². The van der Waals surface area contributed by atoms with Gasteiger partial charge in [0.2, 0.25) is 5.91 Å². The second kappa shape index (κ2) is 5.15. The van der Waals surface area contributed by atoms with Crippen molar-refractivity contribution in [3.05, 3.63) is 48.6 Å². The molecule has 1 aromatic carbocycles. The fourth-order valence-electron chi connectivity index (χ4n) is 2.26. The number of likely N-dealkylation sites (N-methyl/N-ethyl adjacent to an activating group) is 1. The van der Waals surface area contributed by atoms with Gasteiger partial charge in [0, 0.05) is 19.6 Å². The number of carbonyl (C=O) groups is 1. The monoisotopic (exact) mass is 230 g/mol. The Hall–Kier alpha value is -1.61. The summed E-state index contributed by atoms with van der Waals surface area (Å²) in [6.07, 6.45) is 1.40. The molecule has 0 radical (unpaired) electrons. The van der Waals surface area contributed by atoms with Gasteiger partial charge in [-0.1, -0.05) is 36.9 Å². The first-order valence-electron chi connectivity index (χ1n) is 5.89. The molecule has 90 valence electrons. The van der Waals surface area contributed by atoms with E-state index in [0.29, 0.717) is 0 Å². The van der Waals surface area contributed by atoms with Crippen LogP contribution >= 0.6 is 0 Å². The maximum atomic E-state index is 11.8. The fraction of sp³-hybridized carbons (Fsp3) is 0.357. The number of hydrogen-bond acceptors (Lipinski definition) is 2. The van der Waals surface area contributed by atoms with E-state index in [4.69, 9.17) is 0 Å². The van der Waals surface area contributed by atoms with Gasteiger partial charge in [0.05, 0.1) is 6.04 Å². The van der Waals surface area contributed by atoms with Crippen LogP contribution in [-0.4, -0.2) is 42.4 Å². The van der Waals surface area contributed by atoms with Crippen LogP contribution in [0.2, 0.25) is 0 Å². The SMILES string of the molecule is C=CC(=O)N1CCN(C)CC1c1ccccc1. The van der Waals surface area contributed by atoms with Crippen molar-refractivity contribution in [3.63, 3.8) is 0 Å². The summed E-state index contributed by atoms with van der Waals surface area (Å²) in [6.45, 7) is 6.14. The minimum absolute atomic E-state index is 0.0203. The molecule has 1 fully saturated rings. The third-order valence-corrected chi connectivity index (χ3v) is 3.23. The normalized spacial score (nSPS) is 21.2. The Bertz CT molecular complexity index is 402. The van der Waals surface area contributed by atoms with Crippen LogP contribution in [-0.2, 0) is 4.79 Å². The van der Waals surface area contributed by atoms with Gasteiger partial charge in [-0.3, -0.25) is 4.79 Å². The first-order chi connectivity index (χ1) is 8.22.